The molecule has 0 bridgehead atoms. The molecule has 11 heteroatoms. The van der Waals surface area contributed by atoms with Gasteiger partial charge in [0.1, 0.15) is 5.82 Å². The number of rotatable bonds is 3. The minimum Gasteiger partial charge on any atom is -0.475 e. The molecule has 140 valence electrons. The van der Waals surface area contributed by atoms with Crippen LogP contribution in [0.1, 0.15) is 6.92 Å². The lowest BCUT2D eigenvalue weighted by molar-refractivity contribution is -0.192. The van der Waals surface area contributed by atoms with Gasteiger partial charge in [-0.05, 0) is 18.7 Å². The largest absolute Gasteiger partial charge is 0.490 e. The minimum absolute atomic E-state index is 0.0909. The molecule has 0 unspecified atom stereocenters. The van der Waals surface area contributed by atoms with E-state index >= 15 is 0 Å². The Balaban J connectivity index is 0.000000381. The van der Waals surface area contributed by atoms with Gasteiger partial charge in [0.15, 0.2) is 5.96 Å². The molecule has 1 aliphatic rings. The second-order valence-corrected chi connectivity index (χ2v) is 5.16. The summed E-state index contributed by atoms with van der Waals surface area (Å²) in [5, 5.41) is 16.9. The van der Waals surface area contributed by atoms with Gasteiger partial charge in [-0.3, -0.25) is 5.41 Å². The number of piperazine rings is 1. The zero-order valence-corrected chi connectivity index (χ0v) is 13.7. The number of pyridine rings is 1. The van der Waals surface area contributed by atoms with Crippen LogP contribution < -0.4 is 16.0 Å². The van der Waals surface area contributed by atoms with Crippen LogP contribution in [0, 0.1) is 5.41 Å². The second-order valence-electron chi connectivity index (χ2n) is 5.16. The summed E-state index contributed by atoms with van der Waals surface area (Å²) in [6, 6.07) is 3.86. The van der Waals surface area contributed by atoms with Gasteiger partial charge in [0, 0.05) is 26.2 Å². The van der Waals surface area contributed by atoms with Gasteiger partial charge >= 0.3 is 12.1 Å². The number of hydrogen-bond donors (Lipinski definition) is 4. The van der Waals surface area contributed by atoms with Crippen LogP contribution in [0.5, 0.6) is 0 Å². The molecule has 1 saturated heterocycles. The molecule has 5 N–H and O–H groups in total. The smallest absolute Gasteiger partial charge is 0.475 e. The maximum atomic E-state index is 10.6. The quantitative estimate of drug-likeness (QED) is 0.471. The molecule has 2 rings (SSSR count). The van der Waals surface area contributed by atoms with Crippen molar-refractivity contribution in [2.24, 2.45) is 5.73 Å². The lowest BCUT2D eigenvalue weighted by Crippen LogP contribution is -2.46. The number of anilines is 2. The zero-order valence-electron chi connectivity index (χ0n) is 13.7. The summed E-state index contributed by atoms with van der Waals surface area (Å²) in [5.41, 5.74) is 6.38. The van der Waals surface area contributed by atoms with Gasteiger partial charge in [0.05, 0.1) is 11.9 Å². The number of carboxylic acids is 1. The number of carboxylic acid groups (broad SMARTS) is 1. The van der Waals surface area contributed by atoms with Crippen LogP contribution in [-0.2, 0) is 4.79 Å². The normalized spacial score (nSPS) is 15.1. The van der Waals surface area contributed by atoms with E-state index < -0.39 is 12.1 Å². The molecule has 0 atom stereocenters. The second kappa shape index (κ2) is 9.06. The third-order valence-corrected chi connectivity index (χ3v) is 3.44. The number of nitrogens with zero attached hydrogens (tertiary/aromatic N) is 3. The minimum atomic E-state index is -5.08. The van der Waals surface area contributed by atoms with E-state index in [2.05, 4.69) is 27.0 Å². The van der Waals surface area contributed by atoms with E-state index in [-0.39, 0.29) is 5.96 Å². The molecule has 0 spiro atoms. The summed E-state index contributed by atoms with van der Waals surface area (Å²) in [6.07, 6.45) is -3.26. The van der Waals surface area contributed by atoms with Crippen molar-refractivity contribution in [3.05, 3.63) is 18.3 Å². The van der Waals surface area contributed by atoms with Gasteiger partial charge in [-0.2, -0.15) is 13.2 Å². The molecule has 1 aromatic rings. The third kappa shape index (κ3) is 7.25. The summed E-state index contributed by atoms with van der Waals surface area (Å²) in [5.74, 6) is -2.24. The number of nitrogens with one attached hydrogen (secondary N) is 2. The Morgan fingerprint density at radius 1 is 1.36 bits per heavy atom. The van der Waals surface area contributed by atoms with Crippen molar-refractivity contribution in [3.8, 4) is 0 Å². The molecule has 1 fully saturated rings. The fourth-order valence-corrected chi connectivity index (χ4v) is 2.11. The topological polar surface area (TPSA) is 119 Å². The molecular formula is C14H21F3N6O2. The number of carbonyl (C=O) groups is 1. The number of nitrogens with two attached hydrogens (primary N) is 1. The van der Waals surface area contributed by atoms with Gasteiger partial charge in [-0.25, -0.2) is 9.78 Å². The number of aromatic nitrogens is 1. The van der Waals surface area contributed by atoms with E-state index in [1.165, 1.54) is 0 Å². The van der Waals surface area contributed by atoms with Crippen molar-refractivity contribution in [1.82, 2.24) is 9.88 Å². The highest BCUT2D eigenvalue weighted by Crippen LogP contribution is 2.17. The van der Waals surface area contributed by atoms with Gasteiger partial charge in [-0.1, -0.05) is 6.92 Å². The number of aliphatic carboxylic acids is 1. The van der Waals surface area contributed by atoms with Crippen molar-refractivity contribution in [3.63, 3.8) is 0 Å². The van der Waals surface area contributed by atoms with E-state index in [0.717, 1.165) is 38.4 Å². The molecule has 0 aromatic carbocycles. The summed E-state index contributed by atoms with van der Waals surface area (Å²) < 4.78 is 31.7. The van der Waals surface area contributed by atoms with Gasteiger partial charge in [0.25, 0.3) is 0 Å². The number of hydrogen-bond acceptors (Lipinski definition) is 5. The maximum absolute atomic E-state index is 10.6. The van der Waals surface area contributed by atoms with Crippen LogP contribution in [0.4, 0.5) is 24.7 Å². The monoisotopic (exact) mass is 362 g/mol. The highest BCUT2D eigenvalue weighted by Gasteiger charge is 2.38. The Hall–Kier alpha value is -2.56. The van der Waals surface area contributed by atoms with Crippen LogP contribution in [0.25, 0.3) is 0 Å². The first-order chi connectivity index (χ1) is 11.6. The molecule has 8 nitrogen and oxygen atoms in total. The first-order valence-electron chi connectivity index (χ1n) is 7.48. The lowest BCUT2D eigenvalue weighted by Gasteiger charge is -2.35. The summed E-state index contributed by atoms with van der Waals surface area (Å²) >= 11 is 0. The summed E-state index contributed by atoms with van der Waals surface area (Å²) in [7, 11) is 0. The highest BCUT2D eigenvalue weighted by atomic mass is 19.4. The van der Waals surface area contributed by atoms with Crippen LogP contribution >= 0.6 is 0 Å². The summed E-state index contributed by atoms with van der Waals surface area (Å²) in [6.45, 7) is 7.59. The molecule has 0 saturated carbocycles. The molecule has 25 heavy (non-hydrogen) atoms. The fraction of sp³-hybridized carbons (Fsp3) is 0.500. The maximum Gasteiger partial charge on any atom is 0.490 e. The lowest BCUT2D eigenvalue weighted by atomic mass is 10.2. The molecule has 1 aliphatic heterocycles. The molecule has 2 heterocycles. The number of likely N-dealkylation sites (N-methyl/N-ethyl adjacent to an activating group) is 1. The third-order valence-electron chi connectivity index (χ3n) is 3.44. The Kier molecular flexibility index (Phi) is 7.43. The first-order valence-corrected chi connectivity index (χ1v) is 7.48. The molecule has 0 amide bonds. The first kappa shape index (κ1) is 20.5. The molecule has 0 aliphatic carbocycles. The average Bonchev–Trinajstić information content (AvgIpc) is 2.55. The van der Waals surface area contributed by atoms with Crippen molar-refractivity contribution >= 4 is 23.4 Å². The van der Waals surface area contributed by atoms with Crippen molar-refractivity contribution in [1.29, 1.82) is 5.41 Å². The number of alkyl halides is 3. The Bertz CT molecular complexity index is 571. The van der Waals surface area contributed by atoms with E-state index in [1.54, 1.807) is 0 Å². The molecule has 1 aromatic heterocycles. The van der Waals surface area contributed by atoms with Crippen LogP contribution in [0.2, 0.25) is 0 Å². The highest BCUT2D eigenvalue weighted by molar-refractivity contribution is 5.88. The SMILES string of the molecule is CCN1CCN(c2ccc(NC(=N)N)nc2)CC1.O=C(O)C(F)(F)F. The average molecular weight is 362 g/mol. The molecular weight excluding hydrogens is 341 g/mol. The van der Waals surface area contributed by atoms with Crippen molar-refractivity contribution in [2.45, 2.75) is 13.1 Å². The summed E-state index contributed by atoms with van der Waals surface area (Å²) in [4.78, 5) is 17.9. The van der Waals surface area contributed by atoms with Gasteiger partial charge in [0.2, 0.25) is 0 Å². The van der Waals surface area contributed by atoms with E-state index in [9.17, 15) is 13.2 Å². The van der Waals surface area contributed by atoms with Crippen molar-refractivity contribution in [2.75, 3.05) is 42.9 Å². The van der Waals surface area contributed by atoms with Gasteiger partial charge < -0.3 is 26.0 Å². The standard InChI is InChI=1S/C12H20N6.C2HF3O2/c1-2-17-5-7-18(8-6-17)10-3-4-11(15-9-10)16-12(13)14;3-2(4,5)1(6)7/h3-4,9H,2,5-8H2,1H3,(H4,13,14,15,16);(H,6,7). The van der Waals surface area contributed by atoms with E-state index in [1.807, 2.05) is 18.3 Å². The molecule has 0 radical (unpaired) electrons. The zero-order chi connectivity index (χ0) is 19.0. The van der Waals surface area contributed by atoms with Crippen molar-refractivity contribution < 1.29 is 23.1 Å². The van der Waals surface area contributed by atoms with Crippen LogP contribution in [0.15, 0.2) is 18.3 Å². The van der Waals surface area contributed by atoms with Gasteiger partial charge in [-0.15, -0.1) is 0 Å². The predicted molar refractivity (Wildman–Crippen MR) is 87.8 cm³/mol. The predicted octanol–water partition coefficient (Wildman–Crippen LogP) is 1.16. The Morgan fingerprint density at radius 2 is 1.92 bits per heavy atom. The van der Waals surface area contributed by atoms with E-state index in [4.69, 9.17) is 21.0 Å². The fourth-order valence-electron chi connectivity index (χ4n) is 2.11. The Labute approximate surface area is 142 Å². The van der Waals surface area contributed by atoms with Crippen LogP contribution in [-0.4, -0.2) is 65.8 Å². The van der Waals surface area contributed by atoms with Crippen LogP contribution in [0.3, 0.4) is 0 Å². The Morgan fingerprint density at radius 3 is 2.28 bits per heavy atom. The van der Waals surface area contributed by atoms with E-state index in [0.29, 0.717) is 5.82 Å². The number of halogens is 3. The number of guanidine groups is 1.